The molecule has 2 amide bonds. The Balaban J connectivity index is 2.05. The molecule has 1 aromatic heterocycles. The first-order valence-electron chi connectivity index (χ1n) is 6.41. The maximum Gasteiger partial charge on any atom is 0.326 e. The third-order valence-electron chi connectivity index (χ3n) is 3.21. The second-order valence-electron chi connectivity index (χ2n) is 5.13. The zero-order valence-electron chi connectivity index (χ0n) is 11.4. The van der Waals surface area contributed by atoms with Gasteiger partial charge in [-0.1, -0.05) is 0 Å². The van der Waals surface area contributed by atoms with Gasteiger partial charge in [0, 0.05) is 25.2 Å². The van der Waals surface area contributed by atoms with Gasteiger partial charge in [0.15, 0.2) is 0 Å². The van der Waals surface area contributed by atoms with Crippen molar-refractivity contribution in [3.05, 3.63) is 12.4 Å². The van der Waals surface area contributed by atoms with Crippen LogP contribution in [0.4, 0.5) is 10.5 Å². The summed E-state index contributed by atoms with van der Waals surface area (Å²) >= 11 is 0. The van der Waals surface area contributed by atoms with Gasteiger partial charge in [-0.3, -0.25) is 4.68 Å². The summed E-state index contributed by atoms with van der Waals surface area (Å²) < 4.78 is 1.68. The average Bonchev–Trinajstić information content (AvgIpc) is 2.95. The molecular weight excluding hydrogens is 264 g/mol. The van der Waals surface area contributed by atoms with Crippen molar-refractivity contribution in [1.82, 2.24) is 14.7 Å². The van der Waals surface area contributed by atoms with E-state index in [9.17, 15) is 14.7 Å². The molecule has 2 heterocycles. The zero-order chi connectivity index (χ0) is 14.9. The third kappa shape index (κ3) is 2.90. The summed E-state index contributed by atoms with van der Waals surface area (Å²) in [4.78, 5) is 24.2. The van der Waals surface area contributed by atoms with Crippen LogP contribution in [-0.4, -0.2) is 55.6 Å². The van der Waals surface area contributed by atoms with E-state index in [4.69, 9.17) is 5.11 Å². The van der Waals surface area contributed by atoms with Gasteiger partial charge in [0.25, 0.3) is 0 Å². The highest BCUT2D eigenvalue weighted by Gasteiger charge is 2.39. The summed E-state index contributed by atoms with van der Waals surface area (Å²) in [5, 5.41) is 25.2. The number of aliphatic carboxylic acids is 1. The first kappa shape index (κ1) is 14.3. The molecule has 1 aromatic rings. The molecule has 0 bridgehead atoms. The summed E-state index contributed by atoms with van der Waals surface area (Å²) in [5.41, 5.74) is 0.495. The number of aliphatic hydroxyl groups excluding tert-OH is 1. The summed E-state index contributed by atoms with van der Waals surface area (Å²) in [5.74, 6) is -1.12. The van der Waals surface area contributed by atoms with E-state index in [0.29, 0.717) is 5.69 Å². The van der Waals surface area contributed by atoms with Gasteiger partial charge in [0.1, 0.15) is 6.04 Å². The highest BCUT2D eigenvalue weighted by molar-refractivity contribution is 5.92. The second kappa shape index (κ2) is 5.49. The van der Waals surface area contributed by atoms with Crippen molar-refractivity contribution in [3.8, 4) is 0 Å². The van der Waals surface area contributed by atoms with Gasteiger partial charge in [-0.05, 0) is 13.8 Å². The number of aromatic nitrogens is 2. The lowest BCUT2D eigenvalue weighted by atomic mass is 10.2. The van der Waals surface area contributed by atoms with Crippen LogP contribution in [0.1, 0.15) is 26.3 Å². The number of hydrogen-bond acceptors (Lipinski definition) is 4. The SMILES string of the molecule is CC(C)n1cc(NC(=O)N2C[C@H](O)C[C@H]2C(=O)O)cn1. The number of likely N-dealkylation sites (tertiary alicyclic amines) is 1. The molecular formula is C12H18N4O4. The second-order valence-corrected chi connectivity index (χ2v) is 5.13. The van der Waals surface area contributed by atoms with Gasteiger partial charge < -0.3 is 20.4 Å². The van der Waals surface area contributed by atoms with Gasteiger partial charge >= 0.3 is 12.0 Å². The van der Waals surface area contributed by atoms with Gasteiger partial charge in [-0.2, -0.15) is 5.10 Å². The topological polar surface area (TPSA) is 108 Å². The minimum absolute atomic E-state index is 0.0150. The van der Waals surface area contributed by atoms with E-state index in [1.165, 1.54) is 6.20 Å². The number of carboxylic acids is 1. The molecule has 1 aliphatic rings. The van der Waals surface area contributed by atoms with Crippen LogP contribution >= 0.6 is 0 Å². The van der Waals surface area contributed by atoms with Crippen LogP contribution in [0.25, 0.3) is 0 Å². The molecule has 0 unspecified atom stereocenters. The lowest BCUT2D eigenvalue weighted by Crippen LogP contribution is -2.43. The molecule has 110 valence electrons. The van der Waals surface area contributed by atoms with Crippen molar-refractivity contribution in [2.75, 3.05) is 11.9 Å². The fourth-order valence-electron chi connectivity index (χ4n) is 2.15. The van der Waals surface area contributed by atoms with E-state index in [0.717, 1.165) is 4.90 Å². The number of rotatable bonds is 3. The summed E-state index contributed by atoms with van der Waals surface area (Å²) in [7, 11) is 0. The number of β-amino-alcohol motifs (C(OH)–C–C–N with tert-alkyl or cyclic N) is 1. The van der Waals surface area contributed by atoms with Crippen LogP contribution in [0.3, 0.4) is 0 Å². The monoisotopic (exact) mass is 282 g/mol. The van der Waals surface area contributed by atoms with Crippen LogP contribution in [0, 0.1) is 0 Å². The number of amides is 2. The van der Waals surface area contributed by atoms with Gasteiger partial charge in [0.2, 0.25) is 0 Å². The minimum Gasteiger partial charge on any atom is -0.480 e. The Kier molecular flexibility index (Phi) is 3.93. The van der Waals surface area contributed by atoms with Crippen molar-refractivity contribution < 1.29 is 19.8 Å². The number of carbonyl (C=O) groups excluding carboxylic acids is 1. The summed E-state index contributed by atoms with van der Waals surface area (Å²) in [6.07, 6.45) is 2.42. The van der Waals surface area contributed by atoms with Crippen LogP contribution in [0.15, 0.2) is 12.4 Å². The molecule has 8 heteroatoms. The largest absolute Gasteiger partial charge is 0.480 e. The maximum absolute atomic E-state index is 12.1. The van der Waals surface area contributed by atoms with E-state index < -0.39 is 24.1 Å². The van der Waals surface area contributed by atoms with Crippen LogP contribution in [0.2, 0.25) is 0 Å². The van der Waals surface area contributed by atoms with E-state index >= 15 is 0 Å². The first-order valence-corrected chi connectivity index (χ1v) is 6.41. The quantitative estimate of drug-likeness (QED) is 0.749. The fraction of sp³-hybridized carbons (Fsp3) is 0.583. The minimum atomic E-state index is -1.12. The number of urea groups is 1. The van der Waals surface area contributed by atoms with E-state index in [-0.39, 0.29) is 19.0 Å². The molecule has 2 rings (SSSR count). The van der Waals surface area contributed by atoms with Crippen molar-refractivity contribution in [3.63, 3.8) is 0 Å². The molecule has 2 atom stereocenters. The number of hydrogen-bond donors (Lipinski definition) is 3. The first-order chi connectivity index (χ1) is 9.38. The average molecular weight is 282 g/mol. The fourth-order valence-corrected chi connectivity index (χ4v) is 2.15. The number of carboxylic acid groups (broad SMARTS) is 1. The Labute approximate surface area is 116 Å². The highest BCUT2D eigenvalue weighted by atomic mass is 16.4. The Morgan fingerprint density at radius 1 is 1.50 bits per heavy atom. The zero-order valence-corrected chi connectivity index (χ0v) is 11.4. The Morgan fingerprint density at radius 3 is 2.75 bits per heavy atom. The molecule has 20 heavy (non-hydrogen) atoms. The van der Waals surface area contributed by atoms with Crippen molar-refractivity contribution >= 4 is 17.7 Å². The standard InChI is InChI=1S/C12H18N4O4/c1-7(2)16-5-8(4-13-16)14-12(20)15-6-9(17)3-10(15)11(18)19/h4-5,7,9-10,17H,3,6H2,1-2H3,(H,14,20)(H,18,19)/t9-,10+/m1/s1. The summed E-state index contributed by atoms with van der Waals surface area (Å²) in [6.45, 7) is 3.92. The number of carbonyl (C=O) groups is 2. The maximum atomic E-state index is 12.1. The summed E-state index contributed by atoms with van der Waals surface area (Å²) in [6, 6.07) is -1.37. The molecule has 3 N–H and O–H groups in total. The van der Waals surface area contributed by atoms with Crippen LogP contribution < -0.4 is 5.32 Å². The predicted octanol–water partition coefficient (Wildman–Crippen LogP) is 0.516. The van der Waals surface area contributed by atoms with Crippen molar-refractivity contribution in [2.45, 2.75) is 38.5 Å². The Morgan fingerprint density at radius 2 is 2.20 bits per heavy atom. The molecule has 8 nitrogen and oxygen atoms in total. The molecule has 1 aliphatic heterocycles. The molecule has 0 aromatic carbocycles. The van der Waals surface area contributed by atoms with E-state index in [2.05, 4.69) is 10.4 Å². The predicted molar refractivity (Wildman–Crippen MR) is 70.4 cm³/mol. The van der Waals surface area contributed by atoms with Gasteiger partial charge in [0.05, 0.1) is 18.0 Å². The van der Waals surface area contributed by atoms with Crippen LogP contribution in [-0.2, 0) is 4.79 Å². The molecule has 1 saturated heterocycles. The van der Waals surface area contributed by atoms with Crippen molar-refractivity contribution in [1.29, 1.82) is 0 Å². The number of aliphatic hydroxyl groups is 1. The lowest BCUT2D eigenvalue weighted by molar-refractivity contribution is -0.141. The van der Waals surface area contributed by atoms with Gasteiger partial charge in [-0.25, -0.2) is 9.59 Å². The normalized spacial score (nSPS) is 22.3. The molecule has 0 radical (unpaired) electrons. The Hall–Kier alpha value is -2.09. The highest BCUT2D eigenvalue weighted by Crippen LogP contribution is 2.20. The van der Waals surface area contributed by atoms with Gasteiger partial charge in [-0.15, -0.1) is 0 Å². The number of nitrogens with one attached hydrogen (secondary N) is 1. The number of anilines is 1. The molecule has 0 saturated carbocycles. The smallest absolute Gasteiger partial charge is 0.326 e. The van der Waals surface area contributed by atoms with E-state index in [1.807, 2.05) is 13.8 Å². The molecule has 1 fully saturated rings. The number of nitrogens with zero attached hydrogens (tertiary/aromatic N) is 3. The van der Waals surface area contributed by atoms with Crippen molar-refractivity contribution in [2.24, 2.45) is 0 Å². The van der Waals surface area contributed by atoms with Crippen LogP contribution in [0.5, 0.6) is 0 Å². The lowest BCUT2D eigenvalue weighted by Gasteiger charge is -2.20. The molecule has 0 spiro atoms. The van der Waals surface area contributed by atoms with E-state index in [1.54, 1.807) is 10.9 Å². The Bertz CT molecular complexity index is 513. The third-order valence-corrected chi connectivity index (χ3v) is 3.21. The molecule has 0 aliphatic carbocycles.